The van der Waals surface area contributed by atoms with Crippen molar-refractivity contribution in [1.29, 1.82) is 0 Å². The van der Waals surface area contributed by atoms with Crippen molar-refractivity contribution in [1.82, 2.24) is 4.90 Å². The fraction of sp³-hybridized carbons (Fsp3) is 0.440. The Morgan fingerprint density at radius 3 is 2.37 bits per heavy atom. The third-order valence-electron chi connectivity index (χ3n) is 5.64. The van der Waals surface area contributed by atoms with Crippen LogP contribution >= 0.6 is 0 Å². The summed E-state index contributed by atoms with van der Waals surface area (Å²) in [7, 11) is 0. The lowest BCUT2D eigenvalue weighted by Gasteiger charge is -2.45. The summed E-state index contributed by atoms with van der Waals surface area (Å²) in [5.41, 5.74) is 4.14. The molecule has 2 unspecified atom stereocenters. The van der Waals surface area contributed by atoms with E-state index in [2.05, 4.69) is 86.3 Å². The van der Waals surface area contributed by atoms with Crippen LogP contribution in [0.2, 0.25) is 0 Å². The van der Waals surface area contributed by atoms with Gasteiger partial charge in [-0.3, -0.25) is 4.90 Å². The summed E-state index contributed by atoms with van der Waals surface area (Å²) in [5.74, 6) is 0.952. The highest BCUT2D eigenvalue weighted by Gasteiger charge is 2.34. The van der Waals surface area contributed by atoms with Crippen LogP contribution in [0.15, 0.2) is 60.7 Å². The zero-order valence-electron chi connectivity index (χ0n) is 16.8. The molecule has 4 rings (SSSR count). The molecule has 0 N–H and O–H groups in total. The molecule has 0 saturated carbocycles. The van der Waals surface area contributed by atoms with Crippen molar-refractivity contribution in [2.24, 2.45) is 0 Å². The SMILES string of the molecule is CC(C)(C)Oc1ccc(C2=CC3CCCC(C2)N3Cc2ccccc2)cc1. The molecule has 27 heavy (non-hydrogen) atoms. The molecule has 2 bridgehead atoms. The van der Waals surface area contributed by atoms with Gasteiger partial charge in [-0.1, -0.05) is 55.0 Å². The highest BCUT2D eigenvalue weighted by atomic mass is 16.5. The van der Waals surface area contributed by atoms with Crippen molar-refractivity contribution in [2.75, 3.05) is 0 Å². The Morgan fingerprint density at radius 1 is 0.963 bits per heavy atom. The normalized spacial score (nSPS) is 23.0. The van der Waals surface area contributed by atoms with Gasteiger partial charge in [0.15, 0.2) is 0 Å². The van der Waals surface area contributed by atoms with Crippen LogP contribution in [0.4, 0.5) is 0 Å². The van der Waals surface area contributed by atoms with E-state index >= 15 is 0 Å². The molecule has 1 fully saturated rings. The third-order valence-corrected chi connectivity index (χ3v) is 5.64. The standard InChI is InChI=1S/C25H31NO/c1-25(2,3)27-24-14-12-20(13-15-24)21-16-22-10-7-11-23(17-21)26(22)18-19-8-5-4-6-9-19/h4-6,8-9,12-16,22-23H,7,10-11,17-18H2,1-3H3. The van der Waals surface area contributed by atoms with Gasteiger partial charge in [-0.25, -0.2) is 0 Å². The van der Waals surface area contributed by atoms with Gasteiger partial charge in [0.05, 0.1) is 0 Å². The highest BCUT2D eigenvalue weighted by molar-refractivity contribution is 5.68. The molecule has 2 nitrogen and oxygen atoms in total. The first kappa shape index (κ1) is 18.3. The average Bonchev–Trinajstić information content (AvgIpc) is 2.62. The first-order chi connectivity index (χ1) is 13.0. The lowest BCUT2D eigenvalue weighted by atomic mass is 9.82. The minimum Gasteiger partial charge on any atom is -0.488 e. The van der Waals surface area contributed by atoms with Crippen molar-refractivity contribution < 1.29 is 4.74 Å². The van der Waals surface area contributed by atoms with E-state index in [4.69, 9.17) is 4.74 Å². The number of fused-ring (bicyclic) bond motifs is 2. The fourth-order valence-electron chi connectivity index (χ4n) is 4.46. The molecule has 0 aliphatic carbocycles. The zero-order valence-corrected chi connectivity index (χ0v) is 16.8. The number of rotatable bonds is 4. The number of hydrogen-bond acceptors (Lipinski definition) is 2. The van der Waals surface area contributed by atoms with Crippen LogP contribution in [0.5, 0.6) is 5.75 Å². The molecule has 0 spiro atoms. The number of piperidine rings is 1. The maximum Gasteiger partial charge on any atom is 0.120 e. The van der Waals surface area contributed by atoms with E-state index in [0.717, 1.165) is 18.7 Å². The minimum absolute atomic E-state index is 0.152. The molecule has 2 aromatic carbocycles. The first-order valence-electron chi connectivity index (χ1n) is 10.3. The van der Waals surface area contributed by atoms with E-state index in [1.54, 1.807) is 0 Å². The van der Waals surface area contributed by atoms with Crippen molar-refractivity contribution in [3.63, 3.8) is 0 Å². The summed E-state index contributed by atoms with van der Waals surface area (Å²) in [6, 6.07) is 20.8. The lowest BCUT2D eigenvalue weighted by molar-refractivity contribution is 0.0951. The summed E-state index contributed by atoms with van der Waals surface area (Å²) < 4.78 is 5.97. The molecular formula is C25H31NO. The van der Waals surface area contributed by atoms with E-state index < -0.39 is 0 Å². The molecule has 0 amide bonds. The van der Waals surface area contributed by atoms with Gasteiger partial charge in [0.2, 0.25) is 0 Å². The molecule has 2 aliphatic rings. The molecule has 2 atom stereocenters. The van der Waals surface area contributed by atoms with E-state index in [1.807, 2.05) is 0 Å². The quantitative estimate of drug-likeness (QED) is 0.655. The predicted molar refractivity (Wildman–Crippen MR) is 113 cm³/mol. The largest absolute Gasteiger partial charge is 0.488 e. The Hall–Kier alpha value is -2.06. The molecule has 2 heterocycles. The van der Waals surface area contributed by atoms with Crippen LogP contribution in [0.1, 0.15) is 57.6 Å². The Morgan fingerprint density at radius 2 is 1.70 bits per heavy atom. The minimum atomic E-state index is -0.152. The summed E-state index contributed by atoms with van der Waals surface area (Å²) >= 11 is 0. The van der Waals surface area contributed by atoms with Crippen LogP contribution in [-0.2, 0) is 6.54 Å². The third kappa shape index (κ3) is 4.44. The van der Waals surface area contributed by atoms with Crippen molar-refractivity contribution in [3.05, 3.63) is 71.8 Å². The number of benzene rings is 2. The Balaban J connectivity index is 1.52. The maximum absolute atomic E-state index is 5.97. The van der Waals surface area contributed by atoms with Gasteiger partial charge in [0.1, 0.15) is 11.4 Å². The van der Waals surface area contributed by atoms with Gasteiger partial charge in [-0.05, 0) is 68.9 Å². The second-order valence-electron chi connectivity index (χ2n) is 8.94. The predicted octanol–water partition coefficient (Wildman–Crippen LogP) is 6.07. The van der Waals surface area contributed by atoms with Gasteiger partial charge in [0.25, 0.3) is 0 Å². The molecular weight excluding hydrogens is 330 g/mol. The summed E-state index contributed by atoms with van der Waals surface area (Å²) in [4.78, 5) is 2.72. The number of hydrogen-bond donors (Lipinski definition) is 0. The Labute approximate surface area is 163 Å². The van der Waals surface area contributed by atoms with Crippen molar-refractivity contribution >= 4 is 5.57 Å². The van der Waals surface area contributed by atoms with E-state index in [1.165, 1.54) is 36.0 Å². The summed E-state index contributed by atoms with van der Waals surface area (Å²) in [6.07, 6.45) is 7.62. The Kier molecular flexibility index (Phi) is 5.10. The van der Waals surface area contributed by atoms with Gasteiger partial charge < -0.3 is 4.74 Å². The second kappa shape index (κ2) is 7.52. The highest BCUT2D eigenvalue weighted by Crippen LogP contribution is 2.38. The van der Waals surface area contributed by atoms with Crippen molar-refractivity contribution in [2.45, 2.75) is 70.7 Å². The monoisotopic (exact) mass is 361 g/mol. The zero-order chi connectivity index (χ0) is 18.9. The molecule has 0 aromatic heterocycles. The van der Waals surface area contributed by atoms with Gasteiger partial charge in [-0.15, -0.1) is 0 Å². The van der Waals surface area contributed by atoms with E-state index in [-0.39, 0.29) is 5.60 Å². The summed E-state index contributed by atoms with van der Waals surface area (Å²) in [6.45, 7) is 7.34. The topological polar surface area (TPSA) is 12.5 Å². The first-order valence-corrected chi connectivity index (χ1v) is 10.3. The molecule has 2 aliphatic heterocycles. The van der Waals surface area contributed by atoms with Gasteiger partial charge >= 0.3 is 0 Å². The summed E-state index contributed by atoms with van der Waals surface area (Å²) in [5, 5.41) is 0. The molecule has 0 radical (unpaired) electrons. The van der Waals surface area contributed by atoms with Crippen molar-refractivity contribution in [3.8, 4) is 5.75 Å². The van der Waals surface area contributed by atoms with Crippen LogP contribution in [0, 0.1) is 0 Å². The lowest BCUT2D eigenvalue weighted by Crippen LogP contribution is -2.47. The number of nitrogens with zero attached hydrogens (tertiary/aromatic N) is 1. The van der Waals surface area contributed by atoms with E-state index in [9.17, 15) is 0 Å². The van der Waals surface area contributed by atoms with Crippen LogP contribution in [0.25, 0.3) is 5.57 Å². The number of ether oxygens (including phenoxy) is 1. The second-order valence-corrected chi connectivity index (χ2v) is 8.94. The van der Waals surface area contributed by atoms with E-state index in [0.29, 0.717) is 12.1 Å². The molecule has 1 saturated heterocycles. The smallest absolute Gasteiger partial charge is 0.120 e. The van der Waals surface area contributed by atoms with Gasteiger partial charge in [-0.2, -0.15) is 0 Å². The van der Waals surface area contributed by atoms with Crippen LogP contribution in [-0.4, -0.2) is 22.6 Å². The Bertz CT molecular complexity index is 785. The van der Waals surface area contributed by atoms with Gasteiger partial charge in [0, 0.05) is 18.6 Å². The van der Waals surface area contributed by atoms with Crippen LogP contribution in [0.3, 0.4) is 0 Å². The molecule has 2 aromatic rings. The molecule has 142 valence electrons. The van der Waals surface area contributed by atoms with Crippen LogP contribution < -0.4 is 4.74 Å². The average molecular weight is 362 g/mol. The maximum atomic E-state index is 5.97. The fourth-order valence-corrected chi connectivity index (χ4v) is 4.46. The molecule has 2 heteroatoms.